The second kappa shape index (κ2) is 5.14. The lowest BCUT2D eigenvalue weighted by molar-refractivity contribution is 0.0950. The van der Waals surface area contributed by atoms with Crippen molar-refractivity contribution < 1.29 is 9.90 Å². The van der Waals surface area contributed by atoms with Crippen LogP contribution in [-0.4, -0.2) is 22.5 Å². The number of carbonyl (C=O) groups excluding carboxylic acids is 1. The van der Waals surface area contributed by atoms with E-state index in [1.165, 1.54) is 12.3 Å². The van der Waals surface area contributed by atoms with E-state index in [0.717, 1.165) is 5.57 Å². The molecule has 4 nitrogen and oxygen atoms in total. The van der Waals surface area contributed by atoms with E-state index >= 15 is 0 Å². The summed E-state index contributed by atoms with van der Waals surface area (Å²) in [5, 5.41) is 12.0. The van der Waals surface area contributed by atoms with E-state index in [0.29, 0.717) is 6.54 Å². The van der Waals surface area contributed by atoms with E-state index in [4.69, 9.17) is 0 Å². The molecule has 0 bridgehead atoms. The maximum Gasteiger partial charge on any atom is 0.273 e. The number of aromatic nitrogens is 1. The van der Waals surface area contributed by atoms with Crippen molar-refractivity contribution in [3.63, 3.8) is 0 Å². The molecule has 15 heavy (non-hydrogen) atoms. The van der Waals surface area contributed by atoms with Crippen LogP contribution in [0.4, 0.5) is 0 Å². The van der Waals surface area contributed by atoms with Gasteiger partial charge in [0.1, 0.15) is 5.75 Å². The fraction of sp³-hybridized carbons (Fsp3) is 0.273. The Balaban J connectivity index is 2.62. The quantitative estimate of drug-likeness (QED) is 0.736. The van der Waals surface area contributed by atoms with Crippen molar-refractivity contribution in [2.45, 2.75) is 13.8 Å². The molecule has 1 aromatic heterocycles. The molecule has 0 aliphatic carbocycles. The first kappa shape index (κ1) is 11.2. The minimum Gasteiger partial charge on any atom is -0.505 e. The molecule has 4 heteroatoms. The summed E-state index contributed by atoms with van der Waals surface area (Å²) in [5.41, 5.74) is 1.18. The van der Waals surface area contributed by atoms with Gasteiger partial charge in [-0.15, -0.1) is 0 Å². The van der Waals surface area contributed by atoms with Crippen LogP contribution in [-0.2, 0) is 0 Å². The van der Waals surface area contributed by atoms with Crippen LogP contribution in [0.5, 0.6) is 5.75 Å². The van der Waals surface area contributed by atoms with E-state index < -0.39 is 0 Å². The van der Waals surface area contributed by atoms with E-state index in [2.05, 4.69) is 10.3 Å². The SMILES string of the molecule is CC(C)=CCNC(=O)c1ncccc1O. The van der Waals surface area contributed by atoms with Crippen molar-refractivity contribution in [3.05, 3.63) is 35.7 Å². The van der Waals surface area contributed by atoms with Gasteiger partial charge >= 0.3 is 0 Å². The van der Waals surface area contributed by atoms with Gasteiger partial charge in [-0.25, -0.2) is 4.98 Å². The summed E-state index contributed by atoms with van der Waals surface area (Å²) in [6.07, 6.45) is 3.35. The van der Waals surface area contributed by atoms with Crippen molar-refractivity contribution in [1.82, 2.24) is 10.3 Å². The zero-order valence-corrected chi connectivity index (χ0v) is 8.82. The summed E-state index contributed by atoms with van der Waals surface area (Å²) < 4.78 is 0. The summed E-state index contributed by atoms with van der Waals surface area (Å²) in [4.78, 5) is 15.3. The third kappa shape index (κ3) is 3.42. The Morgan fingerprint density at radius 2 is 2.33 bits per heavy atom. The standard InChI is InChI=1S/C11H14N2O2/c1-8(2)5-7-13-11(15)10-9(14)4-3-6-12-10/h3-6,14H,7H2,1-2H3,(H,13,15). The van der Waals surface area contributed by atoms with Crippen LogP contribution in [0.3, 0.4) is 0 Å². The van der Waals surface area contributed by atoms with E-state index in [1.54, 1.807) is 6.07 Å². The Kier molecular flexibility index (Phi) is 3.85. The van der Waals surface area contributed by atoms with Gasteiger partial charge in [-0.1, -0.05) is 11.6 Å². The zero-order valence-electron chi connectivity index (χ0n) is 8.82. The highest BCUT2D eigenvalue weighted by molar-refractivity contribution is 5.94. The van der Waals surface area contributed by atoms with Gasteiger partial charge in [0.05, 0.1) is 0 Å². The zero-order chi connectivity index (χ0) is 11.3. The molecule has 0 aliphatic heterocycles. The second-order valence-corrected chi connectivity index (χ2v) is 3.36. The minimum atomic E-state index is -0.370. The summed E-state index contributed by atoms with van der Waals surface area (Å²) in [6.45, 7) is 4.34. The second-order valence-electron chi connectivity index (χ2n) is 3.36. The minimum absolute atomic E-state index is 0.0552. The molecule has 2 N–H and O–H groups in total. The number of rotatable bonds is 3. The number of allylic oxidation sites excluding steroid dienone is 1. The average Bonchev–Trinajstić information content (AvgIpc) is 2.17. The van der Waals surface area contributed by atoms with Crippen LogP contribution in [0.2, 0.25) is 0 Å². The van der Waals surface area contributed by atoms with Crippen LogP contribution in [0.25, 0.3) is 0 Å². The molecule has 0 fully saturated rings. The van der Waals surface area contributed by atoms with Crippen LogP contribution < -0.4 is 5.32 Å². The van der Waals surface area contributed by atoms with Crippen molar-refractivity contribution in [3.8, 4) is 5.75 Å². The lowest BCUT2D eigenvalue weighted by atomic mass is 10.3. The lowest BCUT2D eigenvalue weighted by Crippen LogP contribution is -2.24. The molecule has 1 rings (SSSR count). The van der Waals surface area contributed by atoms with Crippen molar-refractivity contribution in [2.75, 3.05) is 6.54 Å². The highest BCUT2D eigenvalue weighted by Gasteiger charge is 2.10. The predicted molar refractivity (Wildman–Crippen MR) is 57.7 cm³/mol. The molecule has 80 valence electrons. The third-order valence-corrected chi connectivity index (χ3v) is 1.77. The van der Waals surface area contributed by atoms with E-state index in [-0.39, 0.29) is 17.4 Å². The van der Waals surface area contributed by atoms with Gasteiger partial charge < -0.3 is 10.4 Å². The Bertz CT molecular complexity index is 382. The Labute approximate surface area is 88.7 Å². The molecule has 0 aromatic carbocycles. The van der Waals surface area contributed by atoms with Crippen molar-refractivity contribution in [2.24, 2.45) is 0 Å². The first-order valence-electron chi connectivity index (χ1n) is 4.67. The topological polar surface area (TPSA) is 62.2 Å². The highest BCUT2D eigenvalue weighted by atomic mass is 16.3. The number of amides is 1. The van der Waals surface area contributed by atoms with Crippen LogP contribution in [0, 0.1) is 0 Å². The molecule has 0 atom stereocenters. The molecule has 0 spiro atoms. The fourth-order valence-electron chi connectivity index (χ4n) is 1.00. The summed E-state index contributed by atoms with van der Waals surface area (Å²) in [6, 6.07) is 3.00. The normalized spacial score (nSPS) is 9.47. The highest BCUT2D eigenvalue weighted by Crippen LogP contribution is 2.11. The number of nitrogens with zero attached hydrogens (tertiary/aromatic N) is 1. The van der Waals surface area contributed by atoms with Gasteiger partial charge in [0, 0.05) is 12.7 Å². The number of hydrogen-bond donors (Lipinski definition) is 2. The van der Waals surface area contributed by atoms with Gasteiger partial charge in [-0.05, 0) is 26.0 Å². The summed E-state index contributed by atoms with van der Waals surface area (Å²) in [7, 11) is 0. The fourth-order valence-corrected chi connectivity index (χ4v) is 1.00. The number of carbonyl (C=O) groups is 1. The third-order valence-electron chi connectivity index (χ3n) is 1.77. The number of hydrogen-bond acceptors (Lipinski definition) is 3. The van der Waals surface area contributed by atoms with Gasteiger partial charge in [0.15, 0.2) is 5.69 Å². The van der Waals surface area contributed by atoms with Crippen molar-refractivity contribution >= 4 is 5.91 Å². The summed E-state index contributed by atoms with van der Waals surface area (Å²) >= 11 is 0. The van der Waals surface area contributed by atoms with Crippen LogP contribution in [0.1, 0.15) is 24.3 Å². The monoisotopic (exact) mass is 206 g/mol. The molecule has 1 heterocycles. The molecular formula is C11H14N2O2. The van der Waals surface area contributed by atoms with Gasteiger partial charge in [0.25, 0.3) is 5.91 Å². The lowest BCUT2D eigenvalue weighted by Gasteiger charge is -2.03. The largest absolute Gasteiger partial charge is 0.505 e. The molecule has 1 amide bonds. The Morgan fingerprint density at radius 3 is 2.93 bits per heavy atom. The summed E-state index contributed by atoms with van der Waals surface area (Å²) in [5.74, 6) is -0.474. The molecular weight excluding hydrogens is 192 g/mol. The van der Waals surface area contributed by atoms with E-state index in [9.17, 15) is 9.90 Å². The molecule has 0 radical (unpaired) electrons. The van der Waals surface area contributed by atoms with Gasteiger partial charge in [-0.3, -0.25) is 4.79 Å². The molecule has 0 saturated heterocycles. The maximum atomic E-state index is 11.5. The van der Waals surface area contributed by atoms with Crippen molar-refractivity contribution in [1.29, 1.82) is 0 Å². The van der Waals surface area contributed by atoms with Gasteiger partial charge in [0.2, 0.25) is 0 Å². The molecule has 1 aromatic rings. The smallest absolute Gasteiger partial charge is 0.273 e. The number of nitrogens with one attached hydrogen (secondary N) is 1. The van der Waals surface area contributed by atoms with Crippen LogP contribution in [0.15, 0.2) is 30.0 Å². The first-order chi connectivity index (χ1) is 7.11. The average molecular weight is 206 g/mol. The predicted octanol–water partition coefficient (Wildman–Crippen LogP) is 1.48. The molecule has 0 unspecified atom stereocenters. The van der Waals surface area contributed by atoms with Gasteiger partial charge in [-0.2, -0.15) is 0 Å². The number of pyridine rings is 1. The number of aromatic hydroxyl groups is 1. The Morgan fingerprint density at radius 1 is 1.60 bits per heavy atom. The maximum absolute atomic E-state index is 11.5. The Hall–Kier alpha value is -1.84. The van der Waals surface area contributed by atoms with Crippen LogP contribution >= 0.6 is 0 Å². The molecule has 0 aliphatic rings. The van der Waals surface area contributed by atoms with E-state index in [1.807, 2.05) is 19.9 Å². The molecule has 0 saturated carbocycles. The first-order valence-corrected chi connectivity index (χ1v) is 4.67.